The topological polar surface area (TPSA) is 20.3 Å². The Bertz CT molecular complexity index is 321. The summed E-state index contributed by atoms with van der Waals surface area (Å²) in [5.41, 5.74) is 1.60. The lowest BCUT2D eigenvalue weighted by Crippen LogP contribution is -2.22. The van der Waals surface area contributed by atoms with Crippen LogP contribution in [0.15, 0.2) is 18.2 Å². The van der Waals surface area contributed by atoms with Crippen LogP contribution < -0.4 is 4.90 Å². The molecular weight excluding hydrogens is 198 g/mol. The van der Waals surface area contributed by atoms with Gasteiger partial charge in [0.2, 0.25) is 0 Å². The molecule has 1 rings (SSSR count). The van der Waals surface area contributed by atoms with E-state index in [0.29, 0.717) is 10.6 Å². The van der Waals surface area contributed by atoms with Crippen LogP contribution in [0.25, 0.3) is 0 Å². The summed E-state index contributed by atoms with van der Waals surface area (Å²) in [4.78, 5) is 12.7. The third-order valence-electron chi connectivity index (χ3n) is 2.21. The SMILES string of the molecule is CCN(CC)c1ccc(C=O)cc1Cl. The molecule has 3 heteroatoms. The Morgan fingerprint density at radius 3 is 2.43 bits per heavy atom. The number of nitrogens with zero attached hydrogens (tertiary/aromatic N) is 1. The van der Waals surface area contributed by atoms with Crippen LogP contribution in [0.5, 0.6) is 0 Å². The molecule has 76 valence electrons. The van der Waals surface area contributed by atoms with E-state index in [-0.39, 0.29) is 0 Å². The fraction of sp³-hybridized carbons (Fsp3) is 0.364. The summed E-state index contributed by atoms with van der Waals surface area (Å²) < 4.78 is 0. The average Bonchev–Trinajstić information content (AvgIpc) is 2.22. The molecule has 0 saturated carbocycles. The predicted octanol–water partition coefficient (Wildman–Crippen LogP) is 3.00. The first kappa shape index (κ1) is 11.1. The van der Waals surface area contributed by atoms with Gasteiger partial charge in [-0.2, -0.15) is 0 Å². The van der Waals surface area contributed by atoms with Gasteiger partial charge >= 0.3 is 0 Å². The summed E-state index contributed by atoms with van der Waals surface area (Å²) >= 11 is 6.06. The summed E-state index contributed by atoms with van der Waals surface area (Å²) in [6, 6.07) is 5.37. The van der Waals surface area contributed by atoms with Crippen molar-refractivity contribution in [2.24, 2.45) is 0 Å². The molecule has 0 saturated heterocycles. The molecule has 14 heavy (non-hydrogen) atoms. The van der Waals surface area contributed by atoms with Gasteiger partial charge in [-0.3, -0.25) is 4.79 Å². The van der Waals surface area contributed by atoms with Gasteiger partial charge in [-0.05, 0) is 32.0 Å². The normalized spacial score (nSPS) is 9.93. The molecule has 0 heterocycles. The van der Waals surface area contributed by atoms with E-state index in [1.165, 1.54) is 0 Å². The van der Waals surface area contributed by atoms with Gasteiger partial charge in [0.1, 0.15) is 6.29 Å². The molecule has 0 spiro atoms. The van der Waals surface area contributed by atoms with Crippen molar-refractivity contribution in [2.75, 3.05) is 18.0 Å². The number of aldehydes is 1. The second-order valence-electron chi connectivity index (χ2n) is 3.00. The first-order valence-corrected chi connectivity index (χ1v) is 5.10. The van der Waals surface area contributed by atoms with Gasteiger partial charge in [-0.1, -0.05) is 11.6 Å². The molecule has 0 aromatic heterocycles. The van der Waals surface area contributed by atoms with Crippen molar-refractivity contribution in [1.29, 1.82) is 0 Å². The highest BCUT2D eigenvalue weighted by atomic mass is 35.5. The second kappa shape index (κ2) is 5.01. The summed E-state index contributed by atoms with van der Waals surface area (Å²) in [7, 11) is 0. The summed E-state index contributed by atoms with van der Waals surface area (Å²) in [5, 5.41) is 0.637. The minimum absolute atomic E-state index is 0.617. The minimum Gasteiger partial charge on any atom is -0.371 e. The molecule has 0 aliphatic rings. The number of rotatable bonds is 4. The molecule has 0 aliphatic carbocycles. The molecule has 0 unspecified atom stereocenters. The van der Waals surface area contributed by atoms with Crippen LogP contribution >= 0.6 is 11.6 Å². The molecule has 1 aromatic carbocycles. The summed E-state index contributed by atoms with van der Waals surface area (Å²) in [6.45, 7) is 5.98. The van der Waals surface area contributed by atoms with E-state index in [4.69, 9.17) is 11.6 Å². The molecular formula is C11H14ClNO. The lowest BCUT2D eigenvalue weighted by Gasteiger charge is -2.22. The molecule has 2 nitrogen and oxygen atoms in total. The quantitative estimate of drug-likeness (QED) is 0.714. The highest BCUT2D eigenvalue weighted by Gasteiger charge is 2.06. The molecule has 0 bridgehead atoms. The zero-order valence-electron chi connectivity index (χ0n) is 8.46. The Kier molecular flexibility index (Phi) is 3.96. The van der Waals surface area contributed by atoms with Crippen LogP contribution in [-0.2, 0) is 0 Å². The number of carbonyl (C=O) groups excluding carboxylic acids is 1. The first-order chi connectivity index (χ1) is 6.72. The molecule has 0 fully saturated rings. The van der Waals surface area contributed by atoms with Gasteiger partial charge in [-0.15, -0.1) is 0 Å². The number of halogens is 1. The fourth-order valence-electron chi connectivity index (χ4n) is 1.42. The predicted molar refractivity (Wildman–Crippen MR) is 60.4 cm³/mol. The van der Waals surface area contributed by atoms with Crippen molar-refractivity contribution in [3.63, 3.8) is 0 Å². The maximum atomic E-state index is 10.5. The van der Waals surface area contributed by atoms with Crippen LogP contribution in [0.1, 0.15) is 24.2 Å². The maximum Gasteiger partial charge on any atom is 0.150 e. The molecule has 0 atom stereocenters. The zero-order valence-corrected chi connectivity index (χ0v) is 9.21. The molecule has 0 aliphatic heterocycles. The lowest BCUT2D eigenvalue weighted by atomic mass is 10.2. The third-order valence-corrected chi connectivity index (χ3v) is 2.51. The van der Waals surface area contributed by atoms with Gasteiger partial charge in [0.15, 0.2) is 0 Å². The van der Waals surface area contributed by atoms with Crippen molar-refractivity contribution >= 4 is 23.6 Å². The van der Waals surface area contributed by atoms with Crippen LogP contribution in [-0.4, -0.2) is 19.4 Å². The van der Waals surface area contributed by atoms with Crippen molar-refractivity contribution < 1.29 is 4.79 Å². The van der Waals surface area contributed by atoms with E-state index in [1.54, 1.807) is 12.1 Å². The Morgan fingerprint density at radius 1 is 1.36 bits per heavy atom. The van der Waals surface area contributed by atoms with Crippen molar-refractivity contribution in [3.8, 4) is 0 Å². The van der Waals surface area contributed by atoms with E-state index in [9.17, 15) is 4.79 Å². The van der Waals surface area contributed by atoms with Crippen molar-refractivity contribution in [3.05, 3.63) is 28.8 Å². The number of anilines is 1. The molecule has 0 N–H and O–H groups in total. The van der Waals surface area contributed by atoms with Crippen LogP contribution in [0.3, 0.4) is 0 Å². The molecule has 1 aromatic rings. The zero-order chi connectivity index (χ0) is 10.6. The van der Waals surface area contributed by atoms with Crippen LogP contribution in [0.4, 0.5) is 5.69 Å². The Morgan fingerprint density at radius 2 is 2.00 bits per heavy atom. The molecule has 0 radical (unpaired) electrons. The fourth-order valence-corrected chi connectivity index (χ4v) is 1.73. The van der Waals surface area contributed by atoms with E-state index in [2.05, 4.69) is 18.7 Å². The third kappa shape index (κ3) is 2.26. The van der Waals surface area contributed by atoms with Gasteiger partial charge in [-0.25, -0.2) is 0 Å². The highest BCUT2D eigenvalue weighted by Crippen LogP contribution is 2.26. The van der Waals surface area contributed by atoms with E-state index in [0.717, 1.165) is 25.1 Å². The number of benzene rings is 1. The standard InChI is InChI=1S/C11H14ClNO/c1-3-13(4-2)11-6-5-9(8-14)7-10(11)12/h5-8H,3-4H2,1-2H3. The van der Waals surface area contributed by atoms with Gasteiger partial charge < -0.3 is 4.90 Å². The van der Waals surface area contributed by atoms with Crippen molar-refractivity contribution in [1.82, 2.24) is 0 Å². The van der Waals surface area contributed by atoms with Crippen molar-refractivity contribution in [2.45, 2.75) is 13.8 Å². The lowest BCUT2D eigenvalue weighted by molar-refractivity contribution is 0.112. The smallest absolute Gasteiger partial charge is 0.150 e. The minimum atomic E-state index is 0.617. The van der Waals surface area contributed by atoms with E-state index < -0.39 is 0 Å². The van der Waals surface area contributed by atoms with Gasteiger partial charge in [0.05, 0.1) is 10.7 Å². The van der Waals surface area contributed by atoms with Crippen LogP contribution in [0.2, 0.25) is 5.02 Å². The average molecular weight is 212 g/mol. The second-order valence-corrected chi connectivity index (χ2v) is 3.41. The Hall–Kier alpha value is -1.02. The van der Waals surface area contributed by atoms with E-state index in [1.807, 2.05) is 6.07 Å². The summed E-state index contributed by atoms with van der Waals surface area (Å²) in [6.07, 6.45) is 0.803. The number of carbonyl (C=O) groups is 1. The van der Waals surface area contributed by atoms with Gasteiger partial charge in [0, 0.05) is 18.7 Å². The van der Waals surface area contributed by atoms with Gasteiger partial charge in [0.25, 0.3) is 0 Å². The highest BCUT2D eigenvalue weighted by molar-refractivity contribution is 6.33. The number of hydrogen-bond donors (Lipinski definition) is 0. The summed E-state index contributed by atoms with van der Waals surface area (Å²) in [5.74, 6) is 0. The Labute approximate surface area is 89.5 Å². The Balaban J connectivity index is 3.03. The molecule has 0 amide bonds. The van der Waals surface area contributed by atoms with E-state index >= 15 is 0 Å². The number of hydrogen-bond acceptors (Lipinski definition) is 2. The maximum absolute atomic E-state index is 10.5. The first-order valence-electron chi connectivity index (χ1n) is 4.72. The van der Waals surface area contributed by atoms with Crippen LogP contribution in [0, 0.1) is 0 Å². The largest absolute Gasteiger partial charge is 0.371 e. The monoisotopic (exact) mass is 211 g/mol.